The fourth-order valence-corrected chi connectivity index (χ4v) is 6.67. The Labute approximate surface area is 179 Å². The Balaban J connectivity index is 1.68. The number of hydrogen-bond acceptors (Lipinski definition) is 2. The van der Waals surface area contributed by atoms with Crippen LogP contribution in [0.15, 0.2) is 35.5 Å². The predicted octanol–water partition coefficient (Wildman–Crippen LogP) is 6.73. The molecule has 5 atom stereocenters. The van der Waals surface area contributed by atoms with Crippen LogP contribution in [0.1, 0.15) is 98.3 Å². The van der Waals surface area contributed by atoms with Crippen LogP contribution in [0.5, 0.6) is 0 Å². The van der Waals surface area contributed by atoms with Gasteiger partial charge in [0.15, 0.2) is 0 Å². The maximum absolute atomic E-state index is 10.0. The molecule has 0 heterocycles. The van der Waals surface area contributed by atoms with Gasteiger partial charge in [-0.05, 0) is 100 Å². The first-order valence-electron chi connectivity index (χ1n) is 12.1. The minimum absolute atomic E-state index is 0.192. The van der Waals surface area contributed by atoms with Crippen LogP contribution in [-0.2, 0) is 0 Å². The second-order valence-corrected chi connectivity index (χ2v) is 11.2. The third kappa shape index (κ3) is 5.44. The number of aliphatic hydroxyl groups excluding tert-OH is 1. The molecular formula is C27H44O2. The van der Waals surface area contributed by atoms with Gasteiger partial charge < -0.3 is 10.2 Å². The van der Waals surface area contributed by atoms with Crippen molar-refractivity contribution in [2.24, 2.45) is 23.2 Å². The SMILES string of the molecule is C=C1CC[C@@H](O)CC1=CC=C1CCC[C@@]2(C)[C@@H]1CC[C@@H]2[C@H](C)CCCC(C)(C)O. The minimum atomic E-state index is -0.535. The van der Waals surface area contributed by atoms with Crippen LogP contribution >= 0.6 is 0 Å². The molecule has 0 radical (unpaired) electrons. The van der Waals surface area contributed by atoms with E-state index in [-0.39, 0.29) is 6.10 Å². The zero-order valence-corrected chi connectivity index (χ0v) is 19.3. The predicted molar refractivity (Wildman–Crippen MR) is 123 cm³/mol. The van der Waals surface area contributed by atoms with Crippen molar-refractivity contribution in [1.82, 2.24) is 0 Å². The van der Waals surface area contributed by atoms with Gasteiger partial charge in [-0.25, -0.2) is 0 Å². The molecule has 0 aliphatic heterocycles. The summed E-state index contributed by atoms with van der Waals surface area (Å²) >= 11 is 0. The van der Waals surface area contributed by atoms with E-state index in [0.717, 1.165) is 49.9 Å². The molecule has 3 fully saturated rings. The van der Waals surface area contributed by atoms with Gasteiger partial charge in [0.1, 0.15) is 0 Å². The van der Waals surface area contributed by atoms with Crippen LogP contribution in [0, 0.1) is 23.2 Å². The lowest BCUT2D eigenvalue weighted by Gasteiger charge is -2.44. The largest absolute Gasteiger partial charge is 0.393 e. The lowest BCUT2D eigenvalue weighted by Crippen LogP contribution is -2.36. The summed E-state index contributed by atoms with van der Waals surface area (Å²) in [4.78, 5) is 0. The Kier molecular flexibility index (Phi) is 7.16. The van der Waals surface area contributed by atoms with Gasteiger partial charge in [-0.1, -0.05) is 56.6 Å². The molecule has 2 nitrogen and oxygen atoms in total. The second-order valence-electron chi connectivity index (χ2n) is 11.2. The molecule has 0 spiro atoms. The molecule has 0 saturated heterocycles. The third-order valence-electron chi connectivity index (χ3n) is 8.36. The van der Waals surface area contributed by atoms with Crippen molar-refractivity contribution >= 4 is 0 Å². The number of allylic oxidation sites excluding steroid dienone is 4. The van der Waals surface area contributed by atoms with Crippen molar-refractivity contribution in [3.05, 3.63) is 35.5 Å². The summed E-state index contributed by atoms with van der Waals surface area (Å²) in [7, 11) is 0. The second kappa shape index (κ2) is 9.10. The highest BCUT2D eigenvalue weighted by atomic mass is 16.3. The maximum atomic E-state index is 10.0. The molecule has 2 N–H and O–H groups in total. The number of rotatable bonds is 6. The average molecular weight is 401 g/mol. The van der Waals surface area contributed by atoms with E-state index >= 15 is 0 Å². The number of aliphatic hydroxyl groups is 2. The summed E-state index contributed by atoms with van der Waals surface area (Å²) in [5, 5.41) is 20.1. The minimum Gasteiger partial charge on any atom is -0.393 e. The molecule has 3 aliphatic rings. The van der Waals surface area contributed by atoms with Crippen molar-refractivity contribution < 1.29 is 10.2 Å². The van der Waals surface area contributed by atoms with E-state index in [1.54, 1.807) is 5.57 Å². The van der Waals surface area contributed by atoms with E-state index in [1.165, 1.54) is 49.7 Å². The topological polar surface area (TPSA) is 40.5 Å². The maximum Gasteiger partial charge on any atom is 0.0591 e. The summed E-state index contributed by atoms with van der Waals surface area (Å²) in [6.45, 7) is 13.1. The van der Waals surface area contributed by atoms with E-state index in [0.29, 0.717) is 5.41 Å². The Morgan fingerprint density at radius 3 is 2.69 bits per heavy atom. The Morgan fingerprint density at radius 1 is 1.21 bits per heavy atom. The molecule has 0 aromatic heterocycles. The van der Waals surface area contributed by atoms with Crippen molar-refractivity contribution in [2.75, 3.05) is 0 Å². The Hall–Kier alpha value is -0.860. The molecule has 2 heteroatoms. The van der Waals surface area contributed by atoms with Gasteiger partial charge in [0.2, 0.25) is 0 Å². The quantitative estimate of drug-likeness (QED) is 0.518. The van der Waals surface area contributed by atoms with Crippen LogP contribution in [0.25, 0.3) is 0 Å². The number of fused-ring (bicyclic) bond motifs is 1. The summed E-state index contributed by atoms with van der Waals surface area (Å²) < 4.78 is 0. The van der Waals surface area contributed by atoms with Crippen LogP contribution in [0.2, 0.25) is 0 Å². The zero-order valence-electron chi connectivity index (χ0n) is 19.3. The van der Waals surface area contributed by atoms with Crippen molar-refractivity contribution in [1.29, 1.82) is 0 Å². The highest BCUT2D eigenvalue weighted by molar-refractivity contribution is 5.36. The van der Waals surface area contributed by atoms with Gasteiger partial charge >= 0.3 is 0 Å². The average Bonchev–Trinajstić information content (AvgIpc) is 2.99. The van der Waals surface area contributed by atoms with E-state index in [4.69, 9.17) is 0 Å². The van der Waals surface area contributed by atoms with Gasteiger partial charge in [-0.15, -0.1) is 0 Å². The van der Waals surface area contributed by atoms with E-state index in [9.17, 15) is 10.2 Å². The first-order valence-corrected chi connectivity index (χ1v) is 12.1. The van der Waals surface area contributed by atoms with Crippen LogP contribution in [0.3, 0.4) is 0 Å². The summed E-state index contributed by atoms with van der Waals surface area (Å²) in [5.41, 5.74) is 4.02. The molecular weight excluding hydrogens is 356 g/mol. The van der Waals surface area contributed by atoms with Gasteiger partial charge in [0.25, 0.3) is 0 Å². The number of hydrogen-bond donors (Lipinski definition) is 2. The smallest absolute Gasteiger partial charge is 0.0591 e. The van der Waals surface area contributed by atoms with Gasteiger partial charge in [-0.2, -0.15) is 0 Å². The molecule has 0 unspecified atom stereocenters. The summed E-state index contributed by atoms with van der Waals surface area (Å²) in [5.74, 6) is 2.26. The van der Waals surface area contributed by atoms with Crippen LogP contribution in [0.4, 0.5) is 0 Å². The lowest BCUT2D eigenvalue weighted by atomic mass is 9.60. The van der Waals surface area contributed by atoms with E-state index in [2.05, 4.69) is 32.6 Å². The summed E-state index contributed by atoms with van der Waals surface area (Å²) in [6.07, 6.45) is 16.9. The van der Waals surface area contributed by atoms with E-state index in [1.807, 2.05) is 13.8 Å². The van der Waals surface area contributed by atoms with E-state index < -0.39 is 5.60 Å². The standard InChI is InChI=1S/C27H44O2/c1-19-10-13-23(28)18-22(19)12-11-21-9-7-17-27(5)24(14-15-25(21)27)20(2)8-6-16-26(3,4)29/h11-12,20,23-25,28-29H,1,6-10,13-18H2,2-5H3/t20-,23-,24-,25-,27-/m1/s1. The molecule has 0 aromatic rings. The Morgan fingerprint density at radius 2 is 1.97 bits per heavy atom. The molecule has 164 valence electrons. The molecule has 0 bridgehead atoms. The highest BCUT2D eigenvalue weighted by Crippen LogP contribution is 2.60. The Bertz CT molecular complexity index is 650. The molecule has 0 aromatic carbocycles. The molecule has 29 heavy (non-hydrogen) atoms. The van der Waals surface area contributed by atoms with Crippen LogP contribution < -0.4 is 0 Å². The molecule has 0 amide bonds. The normalized spacial score (nSPS) is 37.2. The van der Waals surface area contributed by atoms with Gasteiger partial charge in [0, 0.05) is 0 Å². The first kappa shape index (κ1) is 22.8. The summed E-state index contributed by atoms with van der Waals surface area (Å²) in [6, 6.07) is 0. The monoisotopic (exact) mass is 400 g/mol. The molecule has 3 rings (SSSR count). The van der Waals surface area contributed by atoms with Gasteiger partial charge in [0.05, 0.1) is 11.7 Å². The molecule has 3 saturated carbocycles. The first-order chi connectivity index (χ1) is 13.6. The highest BCUT2D eigenvalue weighted by Gasteiger charge is 2.50. The van der Waals surface area contributed by atoms with Crippen molar-refractivity contribution in [3.63, 3.8) is 0 Å². The van der Waals surface area contributed by atoms with Crippen molar-refractivity contribution in [3.8, 4) is 0 Å². The van der Waals surface area contributed by atoms with Crippen molar-refractivity contribution in [2.45, 2.75) is 110 Å². The zero-order chi connectivity index (χ0) is 21.2. The lowest BCUT2D eigenvalue weighted by molar-refractivity contribution is 0.0596. The molecule has 3 aliphatic carbocycles. The third-order valence-corrected chi connectivity index (χ3v) is 8.36. The van der Waals surface area contributed by atoms with Gasteiger partial charge in [-0.3, -0.25) is 0 Å². The fraction of sp³-hybridized carbons (Fsp3) is 0.778. The van der Waals surface area contributed by atoms with Crippen LogP contribution in [-0.4, -0.2) is 21.9 Å². The fourth-order valence-electron chi connectivity index (χ4n) is 6.67.